The first-order chi connectivity index (χ1) is 16.9. The first kappa shape index (κ1) is 24.5. The predicted octanol–water partition coefficient (Wildman–Crippen LogP) is 5.36. The molecule has 35 heavy (non-hydrogen) atoms. The number of benzene rings is 3. The molecule has 1 N–H and O–H groups in total. The highest BCUT2D eigenvalue weighted by molar-refractivity contribution is 9.10. The fraction of sp³-hybridized carbons (Fsp3) is 0.214. The first-order valence-corrected chi connectivity index (χ1v) is 12.2. The van der Waals surface area contributed by atoms with E-state index in [0.717, 1.165) is 22.9 Å². The van der Waals surface area contributed by atoms with Gasteiger partial charge in [0.2, 0.25) is 5.91 Å². The quantitative estimate of drug-likeness (QED) is 0.395. The van der Waals surface area contributed by atoms with Crippen LogP contribution in [0.4, 0.5) is 5.69 Å². The van der Waals surface area contributed by atoms with Gasteiger partial charge in [-0.2, -0.15) is 0 Å². The Hall–Kier alpha value is -3.58. The monoisotopic (exact) mass is 534 g/mol. The number of ether oxygens (including phenoxy) is 2. The highest BCUT2D eigenvalue weighted by Gasteiger charge is 2.31. The lowest BCUT2D eigenvalue weighted by Gasteiger charge is -2.30. The number of fused-ring (bicyclic) bond motifs is 1. The zero-order chi connectivity index (χ0) is 24.8. The van der Waals surface area contributed by atoms with Crippen molar-refractivity contribution in [1.29, 1.82) is 0 Å². The Bertz CT molecular complexity index is 1240. The van der Waals surface area contributed by atoms with Crippen molar-refractivity contribution in [3.63, 3.8) is 0 Å². The largest absolute Gasteiger partial charge is 0.496 e. The minimum Gasteiger partial charge on any atom is -0.496 e. The summed E-state index contributed by atoms with van der Waals surface area (Å²) in [5.74, 6) is 0.763. The van der Waals surface area contributed by atoms with E-state index in [0.29, 0.717) is 17.2 Å². The van der Waals surface area contributed by atoms with Crippen LogP contribution in [0.1, 0.15) is 24.5 Å². The van der Waals surface area contributed by atoms with Crippen LogP contribution in [-0.2, 0) is 16.0 Å². The summed E-state index contributed by atoms with van der Waals surface area (Å²) >= 11 is 3.46. The predicted molar refractivity (Wildman–Crippen MR) is 140 cm³/mol. The summed E-state index contributed by atoms with van der Waals surface area (Å²) in [4.78, 5) is 27.7. The number of methoxy groups -OCH3 is 1. The third-order valence-corrected chi connectivity index (χ3v) is 6.34. The maximum Gasteiger partial charge on any atom is 0.294 e. The number of amides is 2. The molecule has 0 spiro atoms. The lowest BCUT2D eigenvalue weighted by atomic mass is 10.1. The van der Waals surface area contributed by atoms with E-state index in [2.05, 4.69) is 33.4 Å². The third-order valence-electron chi connectivity index (χ3n) is 5.72. The van der Waals surface area contributed by atoms with Crippen LogP contribution in [0.3, 0.4) is 0 Å². The lowest BCUT2D eigenvalue weighted by Crippen LogP contribution is -2.46. The van der Waals surface area contributed by atoms with Gasteiger partial charge in [0, 0.05) is 6.04 Å². The Balaban J connectivity index is 1.48. The van der Waals surface area contributed by atoms with E-state index in [4.69, 9.17) is 9.47 Å². The second-order valence-electron chi connectivity index (χ2n) is 8.36. The Morgan fingerprint density at radius 1 is 1.11 bits per heavy atom. The van der Waals surface area contributed by atoms with Gasteiger partial charge in [0.15, 0.2) is 11.5 Å². The van der Waals surface area contributed by atoms with Gasteiger partial charge in [0.05, 0.1) is 17.3 Å². The molecule has 1 atom stereocenters. The van der Waals surface area contributed by atoms with Gasteiger partial charge in [-0.15, -0.1) is 0 Å². The van der Waals surface area contributed by atoms with Gasteiger partial charge < -0.3 is 14.8 Å². The van der Waals surface area contributed by atoms with Crippen molar-refractivity contribution < 1.29 is 19.1 Å². The molecule has 0 saturated carbocycles. The van der Waals surface area contributed by atoms with Gasteiger partial charge >= 0.3 is 0 Å². The van der Waals surface area contributed by atoms with Gasteiger partial charge in [-0.3, -0.25) is 14.5 Å². The van der Waals surface area contributed by atoms with Crippen molar-refractivity contribution in [1.82, 2.24) is 5.32 Å². The number of para-hydroxylation sites is 2. The zero-order valence-electron chi connectivity index (χ0n) is 19.7. The summed E-state index contributed by atoms with van der Waals surface area (Å²) in [6.45, 7) is 1.88. The van der Waals surface area contributed by atoms with E-state index >= 15 is 0 Å². The molecule has 6 nitrogen and oxygen atoms in total. The van der Waals surface area contributed by atoms with Gasteiger partial charge in [-0.25, -0.2) is 0 Å². The minimum atomic E-state index is -0.372. The second kappa shape index (κ2) is 11.2. The number of rotatable bonds is 8. The Morgan fingerprint density at radius 2 is 1.86 bits per heavy atom. The van der Waals surface area contributed by atoms with Crippen LogP contribution in [0.25, 0.3) is 6.08 Å². The third kappa shape index (κ3) is 6.11. The van der Waals surface area contributed by atoms with Crippen LogP contribution in [0.15, 0.2) is 83.0 Å². The summed E-state index contributed by atoms with van der Waals surface area (Å²) in [5.41, 5.74) is 2.56. The number of halogens is 1. The molecule has 7 heteroatoms. The van der Waals surface area contributed by atoms with E-state index in [-0.39, 0.29) is 30.2 Å². The summed E-state index contributed by atoms with van der Waals surface area (Å²) in [6.07, 6.45) is 3.34. The Kier molecular flexibility index (Phi) is 7.87. The summed E-state index contributed by atoms with van der Waals surface area (Å²) < 4.78 is 12.0. The molecular formula is C28H27BrN2O4. The number of nitrogens with one attached hydrogen (secondary N) is 1. The molecule has 180 valence electrons. The van der Waals surface area contributed by atoms with E-state index in [1.165, 1.54) is 10.5 Å². The number of carbonyl (C=O) groups is 2. The molecule has 3 aromatic carbocycles. The fourth-order valence-electron chi connectivity index (χ4n) is 3.91. The summed E-state index contributed by atoms with van der Waals surface area (Å²) in [7, 11) is 1.59. The molecule has 1 heterocycles. The lowest BCUT2D eigenvalue weighted by molar-refractivity contribution is -0.123. The number of carbonyl (C=O) groups excluding carboxylic acids is 2. The molecule has 1 aliphatic rings. The fourth-order valence-corrected chi connectivity index (χ4v) is 4.47. The average Bonchev–Trinajstić information content (AvgIpc) is 2.86. The highest BCUT2D eigenvalue weighted by atomic mass is 79.9. The molecule has 0 aliphatic carbocycles. The maximum atomic E-state index is 13.3. The van der Waals surface area contributed by atoms with E-state index in [1.807, 2.05) is 49.4 Å². The molecule has 4 rings (SSSR count). The Morgan fingerprint density at radius 3 is 2.60 bits per heavy atom. The molecule has 0 aromatic heterocycles. The molecule has 0 bridgehead atoms. The van der Waals surface area contributed by atoms with Crippen LogP contribution >= 0.6 is 15.9 Å². The smallest absolute Gasteiger partial charge is 0.294 e. The standard InChI is InChI=1S/C28H27BrN2O4/c1-19(12-13-20-8-4-3-5-9-20)30-27(32)18-31-23-10-6-7-11-25(23)35-26(28(31)33)17-21-14-15-24(34-2)22(29)16-21/h3-11,14-17,19H,12-13,18H2,1-2H3,(H,30,32)/b26-17-. The number of hydrogen-bond donors (Lipinski definition) is 1. The van der Waals surface area contributed by atoms with Crippen LogP contribution < -0.4 is 19.7 Å². The van der Waals surface area contributed by atoms with Crippen LogP contribution in [-0.4, -0.2) is 31.5 Å². The maximum absolute atomic E-state index is 13.3. The number of nitrogens with zero attached hydrogens (tertiary/aromatic N) is 1. The average molecular weight is 535 g/mol. The second-order valence-corrected chi connectivity index (χ2v) is 9.21. The van der Waals surface area contributed by atoms with Gasteiger partial charge in [-0.05, 0) is 77.2 Å². The molecule has 0 radical (unpaired) electrons. The molecule has 1 unspecified atom stereocenters. The van der Waals surface area contributed by atoms with Gasteiger partial charge in [-0.1, -0.05) is 48.5 Å². The molecule has 1 aliphatic heterocycles. The van der Waals surface area contributed by atoms with Crippen molar-refractivity contribution in [2.75, 3.05) is 18.6 Å². The van der Waals surface area contributed by atoms with Crippen molar-refractivity contribution in [3.05, 3.63) is 94.2 Å². The molecule has 0 saturated heterocycles. The van der Waals surface area contributed by atoms with Gasteiger partial charge in [0.25, 0.3) is 5.91 Å². The normalized spacial score (nSPS) is 14.8. The SMILES string of the molecule is COc1ccc(/C=C2\Oc3ccccc3N(CC(=O)NC(C)CCc3ccccc3)C2=O)cc1Br. The van der Waals surface area contributed by atoms with Crippen LogP contribution in [0, 0.1) is 0 Å². The molecule has 2 amide bonds. The highest BCUT2D eigenvalue weighted by Crippen LogP contribution is 2.36. The molecule has 3 aromatic rings. The van der Waals surface area contributed by atoms with Crippen molar-refractivity contribution >= 4 is 39.5 Å². The molecule has 0 fully saturated rings. The Labute approximate surface area is 213 Å². The topological polar surface area (TPSA) is 67.9 Å². The van der Waals surface area contributed by atoms with Crippen molar-refractivity contribution in [2.45, 2.75) is 25.8 Å². The van der Waals surface area contributed by atoms with E-state index in [1.54, 1.807) is 31.4 Å². The minimum absolute atomic E-state index is 0.0271. The van der Waals surface area contributed by atoms with Crippen molar-refractivity contribution in [2.24, 2.45) is 0 Å². The molecular weight excluding hydrogens is 508 g/mol. The summed E-state index contributed by atoms with van der Waals surface area (Å²) in [6, 6.07) is 22.8. The van der Waals surface area contributed by atoms with Gasteiger partial charge in [0.1, 0.15) is 12.3 Å². The number of hydrogen-bond acceptors (Lipinski definition) is 4. The first-order valence-electron chi connectivity index (χ1n) is 11.4. The zero-order valence-corrected chi connectivity index (χ0v) is 21.2. The number of aryl methyl sites for hydroxylation is 1. The van der Waals surface area contributed by atoms with Crippen LogP contribution in [0.5, 0.6) is 11.5 Å². The van der Waals surface area contributed by atoms with Crippen LogP contribution in [0.2, 0.25) is 0 Å². The summed E-state index contributed by atoms with van der Waals surface area (Å²) in [5, 5.41) is 3.02. The number of anilines is 1. The van der Waals surface area contributed by atoms with E-state index in [9.17, 15) is 9.59 Å². The van der Waals surface area contributed by atoms with Crippen molar-refractivity contribution in [3.8, 4) is 11.5 Å². The van der Waals surface area contributed by atoms with E-state index < -0.39 is 0 Å².